The van der Waals surface area contributed by atoms with Crippen molar-refractivity contribution in [2.24, 2.45) is 0 Å². The summed E-state index contributed by atoms with van der Waals surface area (Å²) in [6.07, 6.45) is 6.62. The first-order valence-electron chi connectivity index (χ1n) is 10.1. The van der Waals surface area contributed by atoms with E-state index >= 15 is 0 Å². The Labute approximate surface area is 172 Å². The van der Waals surface area contributed by atoms with Crippen molar-refractivity contribution in [3.8, 4) is 0 Å². The van der Waals surface area contributed by atoms with Gasteiger partial charge in [0, 0.05) is 25.0 Å². The number of hydrogen-bond acceptors (Lipinski definition) is 6. The van der Waals surface area contributed by atoms with Crippen LogP contribution in [0.25, 0.3) is 11.0 Å². The number of halogens is 1. The highest BCUT2D eigenvalue weighted by Gasteiger charge is 2.22. The van der Waals surface area contributed by atoms with Crippen molar-refractivity contribution in [1.82, 2.24) is 19.5 Å². The Morgan fingerprint density at radius 2 is 1.90 bits per heavy atom. The molecule has 1 aliphatic heterocycles. The monoisotopic (exact) mass is 410 g/mol. The largest absolute Gasteiger partial charge is 0.341 e. The standard InChI is InChI=1S/C21H23FN6O2/c1-2-17(19(29)25-15-8-6-14(22)7-9-15)28-13-24-18-16(20(28)30)12-23-21(26-18)27-10-4-3-5-11-27/h6-9,12-13,17H,2-5,10-11H2,1H3,(H,25,29)/t17-/m1/s1. The number of aromatic nitrogens is 4. The molecule has 0 saturated carbocycles. The molecule has 1 aliphatic rings. The molecule has 30 heavy (non-hydrogen) atoms. The van der Waals surface area contributed by atoms with Crippen molar-refractivity contribution in [2.45, 2.75) is 38.6 Å². The minimum Gasteiger partial charge on any atom is -0.341 e. The van der Waals surface area contributed by atoms with Crippen LogP contribution in [0.15, 0.2) is 41.6 Å². The summed E-state index contributed by atoms with van der Waals surface area (Å²) in [4.78, 5) is 41.0. The number of nitrogens with one attached hydrogen (secondary N) is 1. The lowest BCUT2D eigenvalue weighted by Gasteiger charge is -2.26. The first-order chi connectivity index (χ1) is 14.6. The Morgan fingerprint density at radius 1 is 1.17 bits per heavy atom. The summed E-state index contributed by atoms with van der Waals surface area (Å²) < 4.78 is 14.4. The second-order valence-corrected chi connectivity index (χ2v) is 7.33. The lowest BCUT2D eigenvalue weighted by atomic mass is 10.1. The van der Waals surface area contributed by atoms with Crippen LogP contribution in [-0.4, -0.2) is 38.5 Å². The quantitative estimate of drug-likeness (QED) is 0.695. The molecule has 0 aliphatic carbocycles. The van der Waals surface area contributed by atoms with Gasteiger partial charge in [-0.2, -0.15) is 4.98 Å². The summed E-state index contributed by atoms with van der Waals surface area (Å²) >= 11 is 0. The van der Waals surface area contributed by atoms with Crippen LogP contribution in [0.3, 0.4) is 0 Å². The molecular formula is C21H23FN6O2. The van der Waals surface area contributed by atoms with Crippen LogP contribution in [-0.2, 0) is 4.79 Å². The minimum absolute atomic E-state index is 0.270. The first-order valence-corrected chi connectivity index (χ1v) is 10.1. The van der Waals surface area contributed by atoms with E-state index in [-0.39, 0.29) is 22.7 Å². The van der Waals surface area contributed by atoms with Gasteiger partial charge in [0.1, 0.15) is 23.6 Å². The normalized spacial score (nSPS) is 15.2. The number of piperidine rings is 1. The van der Waals surface area contributed by atoms with E-state index in [0.717, 1.165) is 25.9 Å². The summed E-state index contributed by atoms with van der Waals surface area (Å²) in [5.74, 6) is -0.190. The van der Waals surface area contributed by atoms with E-state index in [4.69, 9.17) is 0 Å². The number of carbonyl (C=O) groups excluding carboxylic acids is 1. The van der Waals surface area contributed by atoms with E-state index in [1.165, 1.54) is 47.8 Å². The Kier molecular flexibility index (Phi) is 5.69. The number of carbonyl (C=O) groups is 1. The summed E-state index contributed by atoms with van der Waals surface area (Å²) in [5, 5.41) is 2.98. The predicted molar refractivity (Wildman–Crippen MR) is 112 cm³/mol. The molecule has 4 rings (SSSR count). The first kappa shape index (κ1) is 19.9. The third-order valence-corrected chi connectivity index (χ3v) is 5.30. The number of anilines is 2. The summed E-state index contributed by atoms with van der Waals surface area (Å²) in [6, 6.07) is 4.70. The van der Waals surface area contributed by atoms with E-state index in [9.17, 15) is 14.0 Å². The predicted octanol–water partition coefficient (Wildman–Crippen LogP) is 2.91. The molecular weight excluding hydrogens is 387 g/mol. The zero-order valence-corrected chi connectivity index (χ0v) is 16.7. The van der Waals surface area contributed by atoms with E-state index in [1.54, 1.807) is 0 Å². The number of fused-ring (bicyclic) bond motifs is 1. The maximum atomic E-state index is 13.1. The van der Waals surface area contributed by atoms with Crippen LogP contribution in [0.5, 0.6) is 0 Å². The molecule has 0 unspecified atom stereocenters. The van der Waals surface area contributed by atoms with Gasteiger partial charge in [0.05, 0.1) is 0 Å². The molecule has 1 N–H and O–H groups in total. The second-order valence-electron chi connectivity index (χ2n) is 7.33. The van der Waals surface area contributed by atoms with Gasteiger partial charge >= 0.3 is 0 Å². The zero-order chi connectivity index (χ0) is 21.1. The minimum atomic E-state index is -0.763. The summed E-state index contributed by atoms with van der Waals surface area (Å²) in [6.45, 7) is 3.59. The molecule has 1 fully saturated rings. The van der Waals surface area contributed by atoms with Crippen LogP contribution in [0.1, 0.15) is 38.6 Å². The van der Waals surface area contributed by atoms with E-state index < -0.39 is 6.04 Å². The zero-order valence-electron chi connectivity index (χ0n) is 16.7. The second kappa shape index (κ2) is 8.56. The average Bonchev–Trinajstić information content (AvgIpc) is 2.78. The topological polar surface area (TPSA) is 93.0 Å². The maximum absolute atomic E-state index is 13.1. The van der Waals surface area contributed by atoms with Gasteiger partial charge in [-0.3, -0.25) is 14.2 Å². The van der Waals surface area contributed by atoms with Crippen molar-refractivity contribution in [3.63, 3.8) is 0 Å². The Balaban J connectivity index is 1.61. The number of nitrogens with zero attached hydrogens (tertiary/aromatic N) is 5. The molecule has 1 atom stereocenters. The van der Waals surface area contributed by atoms with Gasteiger partial charge in [-0.25, -0.2) is 14.4 Å². The van der Waals surface area contributed by atoms with Gasteiger partial charge in [-0.05, 0) is 49.9 Å². The molecule has 2 aromatic heterocycles. The molecule has 9 heteroatoms. The number of benzene rings is 1. The van der Waals surface area contributed by atoms with Crippen molar-refractivity contribution >= 4 is 28.6 Å². The number of rotatable bonds is 5. The van der Waals surface area contributed by atoms with E-state index in [1.807, 2.05) is 6.92 Å². The lowest BCUT2D eigenvalue weighted by Crippen LogP contribution is -2.34. The molecule has 8 nitrogen and oxygen atoms in total. The fraction of sp³-hybridized carbons (Fsp3) is 0.381. The number of hydrogen-bond donors (Lipinski definition) is 1. The van der Waals surface area contributed by atoms with Gasteiger partial charge in [0.25, 0.3) is 5.56 Å². The van der Waals surface area contributed by atoms with Crippen molar-refractivity contribution in [1.29, 1.82) is 0 Å². The summed E-state index contributed by atoms with van der Waals surface area (Å²) in [5.41, 5.74) is 0.406. The van der Waals surface area contributed by atoms with Crippen LogP contribution >= 0.6 is 0 Å². The van der Waals surface area contributed by atoms with E-state index in [0.29, 0.717) is 23.7 Å². The molecule has 1 amide bonds. The molecule has 3 heterocycles. The van der Waals surface area contributed by atoms with Crippen LogP contribution in [0.2, 0.25) is 0 Å². The third kappa shape index (κ3) is 4.00. The van der Waals surface area contributed by atoms with Gasteiger partial charge in [0.15, 0.2) is 5.65 Å². The molecule has 156 valence electrons. The number of amides is 1. The average molecular weight is 410 g/mol. The SMILES string of the molecule is CC[C@H](C(=O)Nc1ccc(F)cc1)n1cnc2nc(N3CCCCC3)ncc2c1=O. The van der Waals surface area contributed by atoms with Gasteiger partial charge in [-0.1, -0.05) is 6.92 Å². The molecule has 1 saturated heterocycles. The van der Waals surface area contributed by atoms with Crippen molar-refractivity contribution in [3.05, 3.63) is 53.0 Å². The molecule has 1 aromatic carbocycles. The molecule has 3 aromatic rings. The van der Waals surface area contributed by atoms with Crippen molar-refractivity contribution < 1.29 is 9.18 Å². The van der Waals surface area contributed by atoms with Gasteiger partial charge in [0.2, 0.25) is 11.9 Å². The van der Waals surface area contributed by atoms with Crippen LogP contribution < -0.4 is 15.8 Å². The van der Waals surface area contributed by atoms with Gasteiger partial charge in [-0.15, -0.1) is 0 Å². The third-order valence-electron chi connectivity index (χ3n) is 5.30. The fourth-order valence-electron chi connectivity index (χ4n) is 3.66. The lowest BCUT2D eigenvalue weighted by molar-refractivity contribution is -0.119. The van der Waals surface area contributed by atoms with Gasteiger partial charge < -0.3 is 10.2 Å². The van der Waals surface area contributed by atoms with Crippen LogP contribution in [0, 0.1) is 5.82 Å². The smallest absolute Gasteiger partial charge is 0.265 e. The highest BCUT2D eigenvalue weighted by Crippen LogP contribution is 2.18. The summed E-state index contributed by atoms with van der Waals surface area (Å²) in [7, 11) is 0. The molecule has 0 radical (unpaired) electrons. The Bertz CT molecular complexity index is 1110. The molecule has 0 bridgehead atoms. The Hall–Kier alpha value is -3.36. The van der Waals surface area contributed by atoms with Crippen LogP contribution in [0.4, 0.5) is 16.0 Å². The fourth-order valence-corrected chi connectivity index (χ4v) is 3.66. The van der Waals surface area contributed by atoms with E-state index in [2.05, 4.69) is 25.2 Å². The maximum Gasteiger partial charge on any atom is 0.265 e. The highest BCUT2D eigenvalue weighted by atomic mass is 19.1. The highest BCUT2D eigenvalue weighted by molar-refractivity contribution is 5.93. The molecule has 0 spiro atoms. The Morgan fingerprint density at radius 3 is 2.60 bits per heavy atom. The van der Waals surface area contributed by atoms with Crippen molar-refractivity contribution in [2.75, 3.05) is 23.3 Å².